The number of carbonyl (C=O) groups is 3. The number of aliphatic carboxylic acids is 1. The van der Waals surface area contributed by atoms with Gasteiger partial charge in [-0.1, -0.05) is 48.5 Å². The van der Waals surface area contributed by atoms with Crippen LogP contribution in [0.5, 0.6) is 0 Å². The number of amides is 2. The van der Waals surface area contributed by atoms with Crippen LogP contribution in [-0.4, -0.2) is 76.4 Å². The summed E-state index contributed by atoms with van der Waals surface area (Å²) in [6, 6.07) is 14.0. The van der Waals surface area contributed by atoms with Crippen LogP contribution in [0.1, 0.15) is 29.9 Å². The first-order valence-corrected chi connectivity index (χ1v) is 12.6. The molecule has 2 aliphatic rings. The van der Waals surface area contributed by atoms with Crippen LogP contribution in [0.4, 0.5) is 4.79 Å². The van der Waals surface area contributed by atoms with Crippen molar-refractivity contribution >= 4 is 29.7 Å². The number of carboxylic acid groups (broad SMARTS) is 1. The van der Waals surface area contributed by atoms with Crippen LogP contribution in [0.2, 0.25) is 0 Å². The standard InChI is InChI=1S/C25H28N2O6S/c1-34-11-10-21(23(29)27-13-15(28)12-22(27)24(30)31)26-25(32)33-14-20-18-8-4-2-6-16(18)17-7-3-5-9-19(17)20/h2-9,15,20-22,28H,10-14H2,1H3,(H,26,32)(H,30,31)/t15?,21-,22?/m1/s1. The molecule has 0 saturated carbocycles. The van der Waals surface area contributed by atoms with Crippen LogP contribution in [-0.2, 0) is 14.3 Å². The number of carbonyl (C=O) groups excluding carboxylic acids is 2. The van der Waals surface area contributed by atoms with Crippen molar-refractivity contribution in [2.45, 2.75) is 36.9 Å². The molecule has 0 radical (unpaired) electrons. The van der Waals surface area contributed by atoms with Crippen LogP contribution >= 0.6 is 11.8 Å². The molecular weight excluding hydrogens is 456 g/mol. The molecule has 1 heterocycles. The van der Waals surface area contributed by atoms with Gasteiger partial charge in [-0.25, -0.2) is 9.59 Å². The third-order valence-electron chi connectivity index (χ3n) is 6.39. The lowest BCUT2D eigenvalue weighted by atomic mass is 9.98. The monoisotopic (exact) mass is 484 g/mol. The highest BCUT2D eigenvalue weighted by Gasteiger charge is 2.41. The maximum Gasteiger partial charge on any atom is 0.407 e. The van der Waals surface area contributed by atoms with E-state index >= 15 is 0 Å². The molecule has 3 N–H and O–H groups in total. The summed E-state index contributed by atoms with van der Waals surface area (Å²) < 4.78 is 5.57. The van der Waals surface area contributed by atoms with E-state index in [1.807, 2.05) is 42.7 Å². The van der Waals surface area contributed by atoms with E-state index in [0.717, 1.165) is 27.2 Å². The summed E-state index contributed by atoms with van der Waals surface area (Å²) in [7, 11) is 0. The number of benzene rings is 2. The van der Waals surface area contributed by atoms with Crippen molar-refractivity contribution < 1.29 is 29.3 Å². The molecule has 2 aromatic rings. The molecule has 2 aromatic carbocycles. The Labute approximate surface area is 202 Å². The molecule has 9 heteroatoms. The third kappa shape index (κ3) is 4.90. The Bertz CT molecular complexity index is 1030. The normalized spacial score (nSPS) is 19.9. The molecule has 2 amide bonds. The summed E-state index contributed by atoms with van der Waals surface area (Å²) in [5.74, 6) is -1.21. The van der Waals surface area contributed by atoms with Crippen molar-refractivity contribution in [2.75, 3.05) is 25.2 Å². The molecule has 1 fully saturated rings. The zero-order valence-corrected chi connectivity index (χ0v) is 19.7. The molecule has 1 aliphatic carbocycles. The Balaban J connectivity index is 1.44. The predicted molar refractivity (Wildman–Crippen MR) is 129 cm³/mol. The Morgan fingerprint density at radius 1 is 1.12 bits per heavy atom. The van der Waals surface area contributed by atoms with Crippen molar-refractivity contribution in [3.05, 3.63) is 59.7 Å². The molecule has 34 heavy (non-hydrogen) atoms. The van der Waals surface area contributed by atoms with E-state index in [2.05, 4.69) is 17.4 Å². The molecule has 0 spiro atoms. The van der Waals surface area contributed by atoms with Gasteiger partial charge in [0.25, 0.3) is 0 Å². The number of carboxylic acids is 1. The van der Waals surface area contributed by atoms with Gasteiger partial charge in [0.05, 0.1) is 6.10 Å². The maximum absolute atomic E-state index is 13.1. The number of aliphatic hydroxyl groups is 1. The van der Waals surface area contributed by atoms with E-state index in [-0.39, 0.29) is 25.5 Å². The number of ether oxygens (including phenoxy) is 1. The number of rotatable bonds is 8. The Kier molecular flexibility index (Phi) is 7.43. The number of hydrogen-bond acceptors (Lipinski definition) is 6. The van der Waals surface area contributed by atoms with E-state index in [9.17, 15) is 24.6 Å². The largest absolute Gasteiger partial charge is 0.480 e. The minimum absolute atomic E-state index is 0.0265. The molecule has 1 aliphatic heterocycles. The first-order valence-electron chi connectivity index (χ1n) is 11.2. The Morgan fingerprint density at radius 2 is 1.74 bits per heavy atom. The zero-order valence-electron chi connectivity index (χ0n) is 18.8. The van der Waals surface area contributed by atoms with Gasteiger partial charge in [-0.15, -0.1) is 0 Å². The Hall–Kier alpha value is -3.04. The second-order valence-electron chi connectivity index (χ2n) is 8.54. The van der Waals surface area contributed by atoms with Crippen LogP contribution in [0.15, 0.2) is 48.5 Å². The van der Waals surface area contributed by atoms with Crippen molar-refractivity contribution in [3.8, 4) is 11.1 Å². The molecule has 180 valence electrons. The highest BCUT2D eigenvalue weighted by molar-refractivity contribution is 7.98. The number of nitrogens with one attached hydrogen (secondary N) is 1. The van der Waals surface area contributed by atoms with Crippen molar-refractivity contribution in [2.24, 2.45) is 0 Å². The number of hydrogen-bond donors (Lipinski definition) is 3. The van der Waals surface area contributed by atoms with Gasteiger partial charge in [-0.05, 0) is 40.7 Å². The van der Waals surface area contributed by atoms with Crippen molar-refractivity contribution in [1.29, 1.82) is 0 Å². The summed E-state index contributed by atoms with van der Waals surface area (Å²) >= 11 is 1.51. The SMILES string of the molecule is CSCC[C@@H](NC(=O)OCC1c2ccccc2-c2ccccc21)C(=O)N1CC(O)CC1C(=O)O. The zero-order chi connectivity index (χ0) is 24.2. The second-order valence-corrected chi connectivity index (χ2v) is 9.52. The third-order valence-corrected chi connectivity index (χ3v) is 7.04. The highest BCUT2D eigenvalue weighted by Crippen LogP contribution is 2.44. The number of nitrogens with zero attached hydrogens (tertiary/aromatic N) is 1. The van der Waals surface area contributed by atoms with Gasteiger partial charge in [-0.2, -0.15) is 11.8 Å². The van der Waals surface area contributed by atoms with Gasteiger partial charge in [0.2, 0.25) is 5.91 Å². The van der Waals surface area contributed by atoms with E-state index in [4.69, 9.17) is 4.74 Å². The minimum atomic E-state index is -1.17. The lowest BCUT2D eigenvalue weighted by molar-refractivity contribution is -0.149. The fourth-order valence-electron chi connectivity index (χ4n) is 4.77. The molecular formula is C25H28N2O6S. The maximum atomic E-state index is 13.1. The first kappa shape index (κ1) is 24.1. The summed E-state index contributed by atoms with van der Waals surface area (Å²) in [5.41, 5.74) is 4.41. The topological polar surface area (TPSA) is 116 Å². The van der Waals surface area contributed by atoms with Gasteiger partial charge in [-0.3, -0.25) is 4.79 Å². The molecule has 0 aromatic heterocycles. The number of aliphatic hydroxyl groups excluding tert-OH is 1. The van der Waals surface area contributed by atoms with E-state index < -0.39 is 36.2 Å². The van der Waals surface area contributed by atoms with E-state index in [0.29, 0.717) is 12.2 Å². The van der Waals surface area contributed by atoms with Gasteiger partial charge in [0.1, 0.15) is 18.7 Å². The average molecular weight is 485 g/mol. The Morgan fingerprint density at radius 3 is 2.32 bits per heavy atom. The fourth-order valence-corrected chi connectivity index (χ4v) is 5.24. The first-order chi connectivity index (χ1) is 16.4. The lowest BCUT2D eigenvalue weighted by Gasteiger charge is -2.27. The van der Waals surface area contributed by atoms with Crippen LogP contribution in [0.3, 0.4) is 0 Å². The summed E-state index contributed by atoms with van der Waals surface area (Å²) in [5, 5.41) is 22.0. The fraction of sp³-hybridized carbons (Fsp3) is 0.400. The number of alkyl carbamates (subject to hydrolysis) is 1. The quantitative estimate of drug-likeness (QED) is 0.528. The summed E-state index contributed by atoms with van der Waals surface area (Å²) in [6.07, 6.45) is 0.549. The molecule has 0 bridgehead atoms. The van der Waals surface area contributed by atoms with E-state index in [1.165, 1.54) is 11.8 Å². The number of likely N-dealkylation sites (tertiary alicyclic amines) is 1. The van der Waals surface area contributed by atoms with Gasteiger partial charge in [0, 0.05) is 18.9 Å². The molecule has 3 atom stereocenters. The summed E-state index contributed by atoms with van der Waals surface area (Å²) in [6.45, 7) is 0.0431. The lowest BCUT2D eigenvalue weighted by Crippen LogP contribution is -2.52. The number of fused-ring (bicyclic) bond motifs is 3. The highest BCUT2D eigenvalue weighted by atomic mass is 32.2. The average Bonchev–Trinajstić information content (AvgIpc) is 3.38. The van der Waals surface area contributed by atoms with Crippen molar-refractivity contribution in [3.63, 3.8) is 0 Å². The molecule has 1 saturated heterocycles. The summed E-state index contributed by atoms with van der Waals surface area (Å²) in [4.78, 5) is 38.5. The van der Waals surface area contributed by atoms with Crippen LogP contribution < -0.4 is 5.32 Å². The molecule has 2 unspecified atom stereocenters. The van der Waals surface area contributed by atoms with E-state index in [1.54, 1.807) is 0 Å². The smallest absolute Gasteiger partial charge is 0.407 e. The van der Waals surface area contributed by atoms with Gasteiger partial charge in [0.15, 0.2) is 0 Å². The van der Waals surface area contributed by atoms with Crippen LogP contribution in [0, 0.1) is 0 Å². The molecule has 4 rings (SSSR count). The number of thioether (sulfide) groups is 1. The van der Waals surface area contributed by atoms with Crippen LogP contribution in [0.25, 0.3) is 11.1 Å². The predicted octanol–water partition coefficient (Wildman–Crippen LogP) is 2.69. The van der Waals surface area contributed by atoms with Gasteiger partial charge >= 0.3 is 12.1 Å². The minimum Gasteiger partial charge on any atom is -0.480 e. The second kappa shape index (κ2) is 10.5. The molecule has 8 nitrogen and oxygen atoms in total. The number of β-amino-alcohol motifs (C(OH)–C–C–N with tert-alkyl or cyclic N) is 1. The van der Waals surface area contributed by atoms with Gasteiger partial charge < -0.3 is 25.2 Å². The van der Waals surface area contributed by atoms with Crippen molar-refractivity contribution in [1.82, 2.24) is 10.2 Å².